The van der Waals surface area contributed by atoms with E-state index in [-0.39, 0.29) is 23.1 Å². The minimum atomic E-state index is -0.769. The molecule has 0 aromatic carbocycles. The van der Waals surface area contributed by atoms with Crippen molar-refractivity contribution < 1.29 is 14.7 Å². The number of hydrogen-bond donors (Lipinski definition) is 2. The van der Waals surface area contributed by atoms with Crippen LogP contribution in [0.5, 0.6) is 0 Å². The number of alkyl halides is 1. The van der Waals surface area contributed by atoms with Crippen LogP contribution in [0.25, 0.3) is 0 Å². The van der Waals surface area contributed by atoms with E-state index < -0.39 is 5.97 Å². The normalized spacial score (nSPS) is 19.1. The Morgan fingerprint density at radius 1 is 1.25 bits per heavy atom. The Bertz CT molecular complexity index is 262. The highest BCUT2D eigenvalue weighted by Gasteiger charge is 2.34. The SMILES string of the molecule is O=C(O)CC1(CNC(=O)CBr)CCCCC1. The topological polar surface area (TPSA) is 66.4 Å². The zero-order valence-corrected chi connectivity index (χ0v) is 10.9. The molecule has 5 heteroatoms. The monoisotopic (exact) mass is 291 g/mol. The minimum absolute atomic E-state index is 0.0738. The first kappa shape index (κ1) is 13.5. The Labute approximate surface area is 104 Å². The van der Waals surface area contributed by atoms with Crippen molar-refractivity contribution >= 4 is 27.8 Å². The molecule has 0 saturated heterocycles. The molecule has 1 aliphatic carbocycles. The number of carboxylic acid groups (broad SMARTS) is 1. The van der Waals surface area contributed by atoms with Crippen LogP contribution in [-0.4, -0.2) is 28.9 Å². The van der Waals surface area contributed by atoms with Crippen molar-refractivity contribution in [1.29, 1.82) is 0 Å². The Morgan fingerprint density at radius 2 is 1.88 bits per heavy atom. The van der Waals surface area contributed by atoms with Gasteiger partial charge in [-0.05, 0) is 18.3 Å². The lowest BCUT2D eigenvalue weighted by molar-refractivity contribution is -0.140. The number of halogens is 1. The van der Waals surface area contributed by atoms with Gasteiger partial charge in [-0.15, -0.1) is 0 Å². The number of carbonyl (C=O) groups excluding carboxylic acids is 1. The predicted molar refractivity (Wildman–Crippen MR) is 64.6 cm³/mol. The van der Waals surface area contributed by atoms with Gasteiger partial charge in [0.05, 0.1) is 11.8 Å². The Balaban J connectivity index is 2.55. The molecule has 1 rings (SSSR count). The van der Waals surface area contributed by atoms with Gasteiger partial charge < -0.3 is 10.4 Å². The fraction of sp³-hybridized carbons (Fsp3) is 0.818. The quantitative estimate of drug-likeness (QED) is 0.761. The third-order valence-corrected chi connectivity index (χ3v) is 3.73. The van der Waals surface area contributed by atoms with E-state index >= 15 is 0 Å². The maximum Gasteiger partial charge on any atom is 0.303 e. The molecule has 0 atom stereocenters. The van der Waals surface area contributed by atoms with Crippen molar-refractivity contribution in [2.75, 3.05) is 11.9 Å². The van der Waals surface area contributed by atoms with Crippen LogP contribution in [-0.2, 0) is 9.59 Å². The molecule has 92 valence electrons. The largest absolute Gasteiger partial charge is 0.481 e. The zero-order valence-electron chi connectivity index (χ0n) is 9.30. The standard InChI is InChI=1S/C11H18BrNO3/c12-7-9(14)13-8-11(6-10(15)16)4-2-1-3-5-11/h1-8H2,(H,13,14)(H,15,16). The summed E-state index contributed by atoms with van der Waals surface area (Å²) in [4.78, 5) is 22.0. The van der Waals surface area contributed by atoms with Crippen molar-refractivity contribution in [2.45, 2.75) is 38.5 Å². The van der Waals surface area contributed by atoms with E-state index in [1.165, 1.54) is 6.42 Å². The van der Waals surface area contributed by atoms with Crippen molar-refractivity contribution in [3.63, 3.8) is 0 Å². The molecule has 0 heterocycles. The molecule has 1 fully saturated rings. The van der Waals surface area contributed by atoms with E-state index in [9.17, 15) is 9.59 Å². The number of nitrogens with one attached hydrogen (secondary N) is 1. The van der Waals surface area contributed by atoms with E-state index in [1.807, 2.05) is 0 Å². The van der Waals surface area contributed by atoms with Crippen LogP contribution in [0.1, 0.15) is 38.5 Å². The number of rotatable bonds is 5. The van der Waals surface area contributed by atoms with Crippen LogP contribution in [0.3, 0.4) is 0 Å². The predicted octanol–water partition coefficient (Wildman–Crippen LogP) is 1.92. The molecule has 0 aliphatic heterocycles. The first-order valence-electron chi connectivity index (χ1n) is 5.62. The summed E-state index contributed by atoms with van der Waals surface area (Å²) in [6, 6.07) is 0. The Kier molecular flexibility index (Phi) is 5.25. The number of carbonyl (C=O) groups is 2. The van der Waals surface area contributed by atoms with Crippen molar-refractivity contribution in [3.8, 4) is 0 Å². The lowest BCUT2D eigenvalue weighted by atomic mass is 9.71. The number of carboxylic acids is 1. The molecule has 4 nitrogen and oxygen atoms in total. The summed E-state index contributed by atoms with van der Waals surface area (Å²) in [5.41, 5.74) is -0.220. The van der Waals surface area contributed by atoms with Crippen LogP contribution in [0.4, 0.5) is 0 Å². The summed E-state index contributed by atoms with van der Waals surface area (Å²) in [6.07, 6.45) is 5.28. The average molecular weight is 292 g/mol. The molecule has 0 bridgehead atoms. The van der Waals surface area contributed by atoms with Gasteiger partial charge in [-0.3, -0.25) is 9.59 Å². The van der Waals surface area contributed by atoms with Gasteiger partial charge >= 0.3 is 5.97 Å². The first-order valence-corrected chi connectivity index (χ1v) is 6.75. The molecule has 0 radical (unpaired) electrons. The number of aliphatic carboxylic acids is 1. The number of amides is 1. The highest BCUT2D eigenvalue weighted by atomic mass is 79.9. The highest BCUT2D eigenvalue weighted by molar-refractivity contribution is 9.09. The Morgan fingerprint density at radius 3 is 2.38 bits per heavy atom. The van der Waals surface area contributed by atoms with Gasteiger partial charge in [-0.1, -0.05) is 35.2 Å². The summed E-state index contributed by atoms with van der Waals surface area (Å²) in [5.74, 6) is -0.842. The third kappa shape index (κ3) is 4.12. The van der Waals surface area contributed by atoms with E-state index in [2.05, 4.69) is 21.2 Å². The highest BCUT2D eigenvalue weighted by Crippen LogP contribution is 2.38. The average Bonchev–Trinajstić information content (AvgIpc) is 2.26. The summed E-state index contributed by atoms with van der Waals surface area (Å²) >= 11 is 3.08. The van der Waals surface area contributed by atoms with Crippen molar-refractivity contribution in [1.82, 2.24) is 5.32 Å². The number of hydrogen-bond acceptors (Lipinski definition) is 2. The van der Waals surface area contributed by atoms with Crippen molar-refractivity contribution in [2.24, 2.45) is 5.41 Å². The fourth-order valence-electron chi connectivity index (χ4n) is 2.37. The van der Waals surface area contributed by atoms with Gasteiger partial charge in [0.1, 0.15) is 0 Å². The van der Waals surface area contributed by atoms with Crippen LogP contribution >= 0.6 is 15.9 Å². The third-order valence-electron chi connectivity index (χ3n) is 3.22. The van der Waals surface area contributed by atoms with Crippen molar-refractivity contribution in [3.05, 3.63) is 0 Å². The molecule has 0 aromatic heterocycles. The van der Waals surface area contributed by atoms with Gasteiger partial charge in [0, 0.05) is 6.54 Å². The van der Waals surface area contributed by atoms with Gasteiger partial charge in [0.2, 0.25) is 5.91 Å². The van der Waals surface area contributed by atoms with Gasteiger partial charge in [-0.25, -0.2) is 0 Å². The molecule has 1 aliphatic rings. The van der Waals surface area contributed by atoms with Crippen LogP contribution in [0.2, 0.25) is 0 Å². The first-order chi connectivity index (χ1) is 7.58. The summed E-state index contributed by atoms with van der Waals surface area (Å²) in [6.45, 7) is 0.490. The molecular formula is C11H18BrNO3. The van der Waals surface area contributed by atoms with E-state index in [0.29, 0.717) is 6.54 Å². The summed E-state index contributed by atoms with van der Waals surface area (Å²) in [7, 11) is 0. The van der Waals surface area contributed by atoms with Gasteiger partial charge in [0.15, 0.2) is 0 Å². The molecule has 0 unspecified atom stereocenters. The molecule has 1 saturated carbocycles. The zero-order chi connectivity index (χ0) is 12.0. The molecule has 0 aromatic rings. The molecule has 16 heavy (non-hydrogen) atoms. The molecular weight excluding hydrogens is 274 g/mol. The minimum Gasteiger partial charge on any atom is -0.481 e. The van der Waals surface area contributed by atoms with Crippen LogP contribution in [0, 0.1) is 5.41 Å². The second kappa shape index (κ2) is 6.23. The van der Waals surface area contributed by atoms with E-state index in [4.69, 9.17) is 5.11 Å². The van der Waals surface area contributed by atoms with Gasteiger partial charge in [-0.2, -0.15) is 0 Å². The summed E-state index contributed by atoms with van der Waals surface area (Å²) in [5, 5.41) is 12.0. The lowest BCUT2D eigenvalue weighted by Crippen LogP contribution is -2.40. The maximum absolute atomic E-state index is 11.2. The lowest BCUT2D eigenvalue weighted by Gasteiger charge is -2.36. The molecule has 0 spiro atoms. The second-order valence-electron chi connectivity index (χ2n) is 4.54. The van der Waals surface area contributed by atoms with E-state index in [0.717, 1.165) is 25.7 Å². The maximum atomic E-state index is 11.2. The summed E-state index contributed by atoms with van der Waals surface area (Å²) < 4.78 is 0. The van der Waals surface area contributed by atoms with Crippen LogP contribution < -0.4 is 5.32 Å². The van der Waals surface area contributed by atoms with Gasteiger partial charge in [0.25, 0.3) is 0 Å². The molecule has 1 amide bonds. The Hall–Kier alpha value is -0.580. The fourth-order valence-corrected chi connectivity index (χ4v) is 2.57. The second-order valence-corrected chi connectivity index (χ2v) is 5.10. The van der Waals surface area contributed by atoms with E-state index in [1.54, 1.807) is 0 Å². The smallest absolute Gasteiger partial charge is 0.303 e. The van der Waals surface area contributed by atoms with Crippen LogP contribution in [0.15, 0.2) is 0 Å². The molecule has 2 N–H and O–H groups in total.